The van der Waals surface area contributed by atoms with Crippen molar-refractivity contribution in [3.63, 3.8) is 0 Å². The van der Waals surface area contributed by atoms with Gasteiger partial charge in [0.25, 0.3) is 0 Å². The highest BCUT2D eigenvalue weighted by molar-refractivity contribution is 7.08. The maximum atomic E-state index is 11.6. The quantitative estimate of drug-likeness (QED) is 0.849. The summed E-state index contributed by atoms with van der Waals surface area (Å²) in [6.45, 7) is 4.81. The van der Waals surface area contributed by atoms with E-state index in [0.29, 0.717) is 6.54 Å². The topological polar surface area (TPSA) is 50.4 Å². The number of nitrogens with one attached hydrogen (secondary N) is 2. The van der Waals surface area contributed by atoms with Gasteiger partial charge in [-0.2, -0.15) is 11.3 Å². The number of carbonyl (C=O) groups is 1. The van der Waals surface area contributed by atoms with Gasteiger partial charge in [0.1, 0.15) is 6.61 Å². The number of aryl methyl sites for hydroxylation is 1. The SMILES string of the molecule is Cc1cscc1CNC(=O)COC1CCNCC1. The molecule has 1 aliphatic heterocycles. The van der Waals surface area contributed by atoms with Crippen LogP contribution in [-0.2, 0) is 16.1 Å². The molecule has 2 N–H and O–H groups in total. The van der Waals surface area contributed by atoms with Crippen molar-refractivity contribution >= 4 is 17.2 Å². The summed E-state index contributed by atoms with van der Waals surface area (Å²) in [6.07, 6.45) is 2.23. The molecule has 1 aromatic heterocycles. The molecule has 5 heteroatoms. The molecule has 18 heavy (non-hydrogen) atoms. The van der Waals surface area contributed by atoms with Crippen LogP contribution in [0.4, 0.5) is 0 Å². The predicted octanol–water partition coefficient (Wildman–Crippen LogP) is 1.44. The van der Waals surface area contributed by atoms with E-state index in [1.54, 1.807) is 11.3 Å². The van der Waals surface area contributed by atoms with E-state index in [0.717, 1.165) is 25.9 Å². The summed E-state index contributed by atoms with van der Waals surface area (Å²) in [5, 5.41) is 10.3. The van der Waals surface area contributed by atoms with Crippen LogP contribution in [0.3, 0.4) is 0 Å². The molecule has 2 heterocycles. The monoisotopic (exact) mass is 268 g/mol. The number of hydrogen-bond donors (Lipinski definition) is 2. The third-order valence-electron chi connectivity index (χ3n) is 3.17. The van der Waals surface area contributed by atoms with Gasteiger partial charge in [0.05, 0.1) is 6.10 Å². The lowest BCUT2D eigenvalue weighted by Crippen LogP contribution is -2.35. The molecule has 1 fully saturated rings. The van der Waals surface area contributed by atoms with Gasteiger partial charge in [-0.1, -0.05) is 0 Å². The fourth-order valence-corrected chi connectivity index (χ4v) is 2.83. The second kappa shape index (κ2) is 6.87. The van der Waals surface area contributed by atoms with Gasteiger partial charge < -0.3 is 15.4 Å². The van der Waals surface area contributed by atoms with Crippen molar-refractivity contribution in [2.45, 2.75) is 32.4 Å². The highest BCUT2D eigenvalue weighted by Crippen LogP contribution is 2.13. The third kappa shape index (κ3) is 4.08. The summed E-state index contributed by atoms with van der Waals surface area (Å²) in [4.78, 5) is 11.6. The van der Waals surface area contributed by atoms with Crippen LogP contribution in [0.5, 0.6) is 0 Å². The largest absolute Gasteiger partial charge is 0.368 e. The van der Waals surface area contributed by atoms with Crippen molar-refractivity contribution in [1.82, 2.24) is 10.6 Å². The lowest BCUT2D eigenvalue weighted by Gasteiger charge is -2.22. The molecule has 0 unspecified atom stereocenters. The Bertz CT molecular complexity index is 386. The van der Waals surface area contributed by atoms with E-state index >= 15 is 0 Å². The van der Waals surface area contributed by atoms with Crippen LogP contribution < -0.4 is 10.6 Å². The van der Waals surface area contributed by atoms with Gasteiger partial charge in [-0.3, -0.25) is 4.79 Å². The number of rotatable bonds is 5. The molecule has 1 aromatic rings. The van der Waals surface area contributed by atoms with Crippen molar-refractivity contribution < 1.29 is 9.53 Å². The molecule has 0 aromatic carbocycles. The normalized spacial score (nSPS) is 16.7. The Kier molecular flexibility index (Phi) is 5.16. The Labute approximate surface area is 112 Å². The van der Waals surface area contributed by atoms with E-state index in [2.05, 4.69) is 28.3 Å². The van der Waals surface area contributed by atoms with E-state index in [-0.39, 0.29) is 18.6 Å². The average Bonchev–Trinajstić information content (AvgIpc) is 2.81. The predicted molar refractivity (Wildman–Crippen MR) is 72.7 cm³/mol. The maximum absolute atomic E-state index is 11.6. The van der Waals surface area contributed by atoms with Gasteiger partial charge in [0.2, 0.25) is 5.91 Å². The smallest absolute Gasteiger partial charge is 0.246 e. The Morgan fingerprint density at radius 1 is 1.50 bits per heavy atom. The van der Waals surface area contributed by atoms with E-state index in [1.165, 1.54) is 11.1 Å². The zero-order valence-corrected chi connectivity index (χ0v) is 11.5. The first-order valence-corrected chi connectivity index (χ1v) is 7.30. The zero-order chi connectivity index (χ0) is 12.8. The molecule has 0 saturated carbocycles. The molecule has 0 aliphatic carbocycles. The summed E-state index contributed by atoms with van der Waals surface area (Å²) in [5.41, 5.74) is 2.43. The molecule has 4 nitrogen and oxygen atoms in total. The lowest BCUT2D eigenvalue weighted by molar-refractivity contribution is -0.128. The molecule has 2 rings (SSSR count). The summed E-state index contributed by atoms with van der Waals surface area (Å²) in [6, 6.07) is 0. The van der Waals surface area contributed by atoms with Gasteiger partial charge in [0, 0.05) is 6.54 Å². The van der Waals surface area contributed by atoms with E-state index in [1.807, 2.05) is 0 Å². The number of amides is 1. The molecule has 0 spiro atoms. The Hall–Kier alpha value is -0.910. The van der Waals surface area contributed by atoms with Crippen molar-refractivity contribution in [2.24, 2.45) is 0 Å². The van der Waals surface area contributed by atoms with E-state index in [4.69, 9.17) is 4.74 Å². The van der Waals surface area contributed by atoms with Gasteiger partial charge in [-0.15, -0.1) is 0 Å². The first-order valence-electron chi connectivity index (χ1n) is 6.36. The minimum absolute atomic E-state index is 0.0286. The van der Waals surface area contributed by atoms with Crippen LogP contribution in [0.2, 0.25) is 0 Å². The second-order valence-corrected chi connectivity index (χ2v) is 5.36. The number of carbonyl (C=O) groups excluding carboxylic acids is 1. The summed E-state index contributed by atoms with van der Waals surface area (Å²) < 4.78 is 5.60. The minimum Gasteiger partial charge on any atom is -0.368 e. The number of piperidine rings is 1. The van der Waals surface area contributed by atoms with Crippen molar-refractivity contribution in [3.8, 4) is 0 Å². The van der Waals surface area contributed by atoms with E-state index in [9.17, 15) is 4.79 Å². The van der Waals surface area contributed by atoms with Crippen molar-refractivity contribution in [2.75, 3.05) is 19.7 Å². The molecule has 0 atom stereocenters. The summed E-state index contributed by atoms with van der Waals surface area (Å²) in [7, 11) is 0. The number of thiophene rings is 1. The van der Waals surface area contributed by atoms with Gasteiger partial charge in [0.15, 0.2) is 0 Å². The molecule has 0 bridgehead atoms. The molecule has 1 aliphatic rings. The lowest BCUT2D eigenvalue weighted by atomic mass is 10.1. The van der Waals surface area contributed by atoms with Crippen molar-refractivity contribution in [3.05, 3.63) is 21.9 Å². The molecule has 0 radical (unpaired) electrons. The van der Waals surface area contributed by atoms with Crippen LogP contribution in [0.1, 0.15) is 24.0 Å². The number of hydrogen-bond acceptors (Lipinski definition) is 4. The van der Waals surface area contributed by atoms with Gasteiger partial charge in [-0.05, 0) is 54.7 Å². The van der Waals surface area contributed by atoms with Crippen LogP contribution in [0.25, 0.3) is 0 Å². The van der Waals surface area contributed by atoms with Crippen molar-refractivity contribution in [1.29, 1.82) is 0 Å². The van der Waals surface area contributed by atoms with Gasteiger partial charge >= 0.3 is 0 Å². The summed E-state index contributed by atoms with van der Waals surface area (Å²) >= 11 is 1.66. The number of ether oxygens (including phenoxy) is 1. The van der Waals surface area contributed by atoms with Crippen LogP contribution in [0, 0.1) is 6.92 Å². The van der Waals surface area contributed by atoms with E-state index < -0.39 is 0 Å². The maximum Gasteiger partial charge on any atom is 0.246 e. The molecular formula is C13H20N2O2S. The average molecular weight is 268 g/mol. The molecular weight excluding hydrogens is 248 g/mol. The highest BCUT2D eigenvalue weighted by Gasteiger charge is 2.14. The minimum atomic E-state index is -0.0286. The first kappa shape index (κ1) is 13.5. The Morgan fingerprint density at radius 3 is 2.94 bits per heavy atom. The van der Waals surface area contributed by atoms with Gasteiger partial charge in [-0.25, -0.2) is 0 Å². The van der Waals surface area contributed by atoms with Crippen LogP contribution >= 0.6 is 11.3 Å². The second-order valence-electron chi connectivity index (χ2n) is 4.62. The molecule has 1 amide bonds. The zero-order valence-electron chi connectivity index (χ0n) is 10.7. The third-order valence-corrected chi connectivity index (χ3v) is 4.08. The fourth-order valence-electron chi connectivity index (χ4n) is 1.97. The standard InChI is InChI=1S/C13H20N2O2S/c1-10-8-18-9-11(10)6-15-13(16)7-17-12-2-4-14-5-3-12/h8-9,12,14H,2-7H2,1H3,(H,15,16). The highest BCUT2D eigenvalue weighted by atomic mass is 32.1. The fraction of sp³-hybridized carbons (Fsp3) is 0.615. The first-order chi connectivity index (χ1) is 8.75. The Morgan fingerprint density at radius 2 is 2.28 bits per heavy atom. The van der Waals surface area contributed by atoms with Crippen LogP contribution in [0.15, 0.2) is 10.8 Å². The Balaban J connectivity index is 1.64. The van der Waals surface area contributed by atoms with Crippen LogP contribution in [-0.4, -0.2) is 31.7 Å². The molecule has 100 valence electrons. The molecule has 1 saturated heterocycles. The summed E-state index contributed by atoms with van der Waals surface area (Å²) in [5.74, 6) is -0.0286.